The number of nitrogens with zero attached hydrogens (tertiary/aromatic N) is 2. The van der Waals surface area contributed by atoms with E-state index in [9.17, 15) is 4.79 Å². The van der Waals surface area contributed by atoms with Crippen LogP contribution >= 0.6 is 15.9 Å². The fourth-order valence-electron chi connectivity index (χ4n) is 2.47. The monoisotopic (exact) mass is 333 g/mol. The summed E-state index contributed by atoms with van der Waals surface area (Å²) < 4.78 is 1.02. The predicted molar refractivity (Wildman–Crippen MR) is 83.9 cm³/mol. The van der Waals surface area contributed by atoms with E-state index in [0.29, 0.717) is 5.82 Å². The minimum Gasteiger partial charge on any atom is -0.325 e. The lowest BCUT2D eigenvalue weighted by atomic mass is 10.1. The second kappa shape index (κ2) is 5.79. The Morgan fingerprint density at radius 3 is 2.75 bits per heavy atom. The SMILES string of the molecule is O=C(Nc1cc2cc(Br)ccc2cn1)N1CCCCC1. The summed E-state index contributed by atoms with van der Waals surface area (Å²) in [6.45, 7) is 1.68. The third-order valence-electron chi connectivity index (χ3n) is 3.56. The normalized spacial score (nSPS) is 15.3. The van der Waals surface area contributed by atoms with E-state index in [1.807, 2.05) is 29.2 Å². The van der Waals surface area contributed by atoms with E-state index >= 15 is 0 Å². The molecule has 0 radical (unpaired) electrons. The van der Waals surface area contributed by atoms with E-state index in [1.165, 1.54) is 6.42 Å². The summed E-state index contributed by atoms with van der Waals surface area (Å²) in [7, 11) is 0. The first-order chi connectivity index (χ1) is 9.72. The van der Waals surface area contributed by atoms with Gasteiger partial charge in [0.1, 0.15) is 5.82 Å². The molecule has 4 nitrogen and oxygen atoms in total. The molecule has 1 saturated heterocycles. The van der Waals surface area contributed by atoms with Crippen molar-refractivity contribution >= 4 is 38.6 Å². The Morgan fingerprint density at radius 1 is 1.15 bits per heavy atom. The molecule has 0 spiro atoms. The van der Waals surface area contributed by atoms with E-state index in [0.717, 1.165) is 41.2 Å². The number of nitrogens with one attached hydrogen (secondary N) is 1. The van der Waals surface area contributed by atoms with Gasteiger partial charge in [-0.2, -0.15) is 0 Å². The summed E-state index contributed by atoms with van der Waals surface area (Å²) >= 11 is 3.45. The van der Waals surface area contributed by atoms with Gasteiger partial charge < -0.3 is 4.90 Å². The zero-order valence-corrected chi connectivity index (χ0v) is 12.7. The smallest absolute Gasteiger partial charge is 0.323 e. The van der Waals surface area contributed by atoms with E-state index < -0.39 is 0 Å². The molecule has 0 bridgehead atoms. The van der Waals surface area contributed by atoms with Crippen molar-refractivity contribution < 1.29 is 4.79 Å². The van der Waals surface area contributed by atoms with Gasteiger partial charge in [-0.1, -0.05) is 22.0 Å². The number of carbonyl (C=O) groups is 1. The fourth-order valence-corrected chi connectivity index (χ4v) is 2.84. The van der Waals surface area contributed by atoms with Crippen LogP contribution in [0.4, 0.5) is 10.6 Å². The molecule has 0 aliphatic carbocycles. The van der Waals surface area contributed by atoms with Crippen LogP contribution in [0.25, 0.3) is 10.8 Å². The number of halogens is 1. The molecule has 1 N–H and O–H groups in total. The van der Waals surface area contributed by atoms with Crippen LogP contribution in [0.3, 0.4) is 0 Å². The lowest BCUT2D eigenvalue weighted by Crippen LogP contribution is -2.38. The summed E-state index contributed by atoms with van der Waals surface area (Å²) in [6.07, 6.45) is 5.18. The van der Waals surface area contributed by atoms with Gasteiger partial charge in [0, 0.05) is 29.1 Å². The van der Waals surface area contributed by atoms with Gasteiger partial charge in [0.15, 0.2) is 0 Å². The summed E-state index contributed by atoms with van der Waals surface area (Å²) in [5.74, 6) is 0.603. The molecule has 1 aliphatic heterocycles. The first-order valence-corrected chi connectivity index (χ1v) is 7.63. The van der Waals surface area contributed by atoms with Crippen molar-refractivity contribution in [1.29, 1.82) is 0 Å². The highest BCUT2D eigenvalue weighted by Gasteiger charge is 2.16. The van der Waals surface area contributed by atoms with Crippen molar-refractivity contribution in [3.8, 4) is 0 Å². The topological polar surface area (TPSA) is 45.2 Å². The number of likely N-dealkylation sites (tertiary alicyclic amines) is 1. The van der Waals surface area contributed by atoms with E-state index in [4.69, 9.17) is 0 Å². The van der Waals surface area contributed by atoms with Crippen molar-refractivity contribution in [1.82, 2.24) is 9.88 Å². The second-order valence-electron chi connectivity index (χ2n) is 5.04. The Hall–Kier alpha value is -1.62. The van der Waals surface area contributed by atoms with Gasteiger partial charge in [-0.25, -0.2) is 9.78 Å². The van der Waals surface area contributed by atoms with E-state index in [1.54, 1.807) is 6.20 Å². The van der Waals surface area contributed by atoms with Gasteiger partial charge in [-0.3, -0.25) is 5.32 Å². The molecule has 20 heavy (non-hydrogen) atoms. The molecule has 0 unspecified atom stereocenters. The van der Waals surface area contributed by atoms with Crippen molar-refractivity contribution in [2.45, 2.75) is 19.3 Å². The molecule has 1 aromatic carbocycles. The van der Waals surface area contributed by atoms with Crippen LogP contribution in [0.5, 0.6) is 0 Å². The highest BCUT2D eigenvalue weighted by Crippen LogP contribution is 2.21. The van der Waals surface area contributed by atoms with Crippen molar-refractivity contribution in [2.24, 2.45) is 0 Å². The van der Waals surface area contributed by atoms with Crippen molar-refractivity contribution in [2.75, 3.05) is 18.4 Å². The zero-order chi connectivity index (χ0) is 13.9. The molecule has 104 valence electrons. The Kier molecular flexibility index (Phi) is 3.87. The van der Waals surface area contributed by atoms with E-state index in [2.05, 4.69) is 26.2 Å². The number of pyridine rings is 1. The quantitative estimate of drug-likeness (QED) is 0.856. The Labute approximate surface area is 126 Å². The molecule has 2 heterocycles. The third-order valence-corrected chi connectivity index (χ3v) is 4.06. The summed E-state index contributed by atoms with van der Waals surface area (Å²) in [6, 6.07) is 7.86. The number of hydrogen-bond acceptors (Lipinski definition) is 2. The fraction of sp³-hybridized carbons (Fsp3) is 0.333. The van der Waals surface area contributed by atoms with Gasteiger partial charge in [0.2, 0.25) is 0 Å². The lowest BCUT2D eigenvalue weighted by Gasteiger charge is -2.26. The minimum absolute atomic E-state index is 0.0495. The number of amides is 2. The highest BCUT2D eigenvalue weighted by molar-refractivity contribution is 9.10. The van der Waals surface area contributed by atoms with Gasteiger partial charge in [0.05, 0.1) is 0 Å². The Bertz CT molecular complexity index is 638. The number of benzene rings is 1. The van der Waals surface area contributed by atoms with Crippen LogP contribution < -0.4 is 5.32 Å². The molecule has 0 atom stereocenters. The molecule has 1 aromatic heterocycles. The maximum Gasteiger partial charge on any atom is 0.323 e. The van der Waals surface area contributed by atoms with E-state index in [-0.39, 0.29) is 6.03 Å². The Morgan fingerprint density at radius 2 is 1.95 bits per heavy atom. The number of hydrogen-bond donors (Lipinski definition) is 1. The van der Waals surface area contributed by atoms with Crippen LogP contribution in [0.2, 0.25) is 0 Å². The van der Waals surface area contributed by atoms with Gasteiger partial charge >= 0.3 is 6.03 Å². The van der Waals surface area contributed by atoms with Gasteiger partial charge in [-0.05, 0) is 42.8 Å². The van der Waals surface area contributed by atoms with Gasteiger partial charge in [0.25, 0.3) is 0 Å². The molecule has 1 aliphatic rings. The molecule has 0 saturated carbocycles. The number of aromatic nitrogens is 1. The summed E-state index contributed by atoms with van der Waals surface area (Å²) in [4.78, 5) is 18.3. The average molecular weight is 334 g/mol. The molecule has 2 amide bonds. The second-order valence-corrected chi connectivity index (χ2v) is 5.95. The van der Waals surface area contributed by atoms with Crippen LogP contribution in [0.15, 0.2) is 34.9 Å². The molecular weight excluding hydrogens is 318 g/mol. The lowest BCUT2D eigenvalue weighted by molar-refractivity contribution is 0.200. The standard InChI is InChI=1S/C15H16BrN3O/c16-13-5-4-11-10-17-14(9-12(11)8-13)18-15(20)19-6-2-1-3-7-19/h4-5,8-10H,1-3,6-7H2,(H,17,18,20). The number of piperidine rings is 1. The van der Waals surface area contributed by atoms with Gasteiger partial charge in [-0.15, -0.1) is 0 Å². The van der Waals surface area contributed by atoms with Crippen LogP contribution in [-0.2, 0) is 0 Å². The molecule has 2 aromatic rings. The third kappa shape index (κ3) is 2.93. The summed E-state index contributed by atoms with van der Waals surface area (Å²) in [5.41, 5.74) is 0. The largest absolute Gasteiger partial charge is 0.325 e. The molecular formula is C15H16BrN3O. The van der Waals surface area contributed by atoms with Crippen LogP contribution in [0.1, 0.15) is 19.3 Å². The predicted octanol–water partition coefficient (Wildman–Crippen LogP) is 4.02. The number of urea groups is 1. The highest BCUT2D eigenvalue weighted by atomic mass is 79.9. The Balaban J connectivity index is 1.78. The number of carbonyl (C=O) groups excluding carboxylic acids is 1. The first-order valence-electron chi connectivity index (χ1n) is 6.84. The molecule has 5 heteroatoms. The number of rotatable bonds is 1. The molecule has 3 rings (SSSR count). The minimum atomic E-state index is -0.0495. The first kappa shape index (κ1) is 13.4. The maximum atomic E-state index is 12.1. The van der Waals surface area contributed by atoms with Crippen LogP contribution in [0, 0.1) is 0 Å². The number of anilines is 1. The number of fused-ring (bicyclic) bond motifs is 1. The van der Waals surface area contributed by atoms with Crippen molar-refractivity contribution in [3.63, 3.8) is 0 Å². The average Bonchev–Trinajstić information content (AvgIpc) is 2.47. The zero-order valence-electron chi connectivity index (χ0n) is 11.1. The summed E-state index contributed by atoms with van der Waals surface area (Å²) in [5, 5.41) is 5.00. The molecule has 1 fully saturated rings. The maximum absolute atomic E-state index is 12.1. The van der Waals surface area contributed by atoms with Crippen LogP contribution in [-0.4, -0.2) is 29.0 Å². The van der Waals surface area contributed by atoms with Crippen molar-refractivity contribution in [3.05, 3.63) is 34.9 Å².